The molecule has 0 heterocycles. The smallest absolute Gasteiger partial charge is 0.408 e. The van der Waals surface area contributed by atoms with Crippen LogP contribution >= 0.6 is 0 Å². The standard InChI is InChI=1S/C29H41N3O6/c1-18-11-10-12-19(2)23(18)24(25(34)30-20-13-15-21(37-9)16-14-20)32(28(3,4)5)26(35)22(17-33)31-27(36)38-29(6,7)8/h10-16,22,24,33H,17H2,1-9H3,(H,30,34)(H,31,36). The minimum Gasteiger partial charge on any atom is -0.497 e. The number of methoxy groups -OCH3 is 1. The average Bonchev–Trinajstić information content (AvgIpc) is 2.80. The Hall–Kier alpha value is -3.59. The summed E-state index contributed by atoms with van der Waals surface area (Å²) in [7, 11) is 1.56. The molecule has 0 saturated carbocycles. The first-order chi connectivity index (χ1) is 17.6. The van der Waals surface area contributed by atoms with Gasteiger partial charge in [-0.25, -0.2) is 4.79 Å². The van der Waals surface area contributed by atoms with Crippen molar-refractivity contribution < 1.29 is 29.0 Å². The lowest BCUT2D eigenvalue weighted by atomic mass is 9.90. The molecule has 0 aliphatic heterocycles. The molecule has 9 heteroatoms. The van der Waals surface area contributed by atoms with Crippen molar-refractivity contribution in [3.63, 3.8) is 0 Å². The van der Waals surface area contributed by atoms with Crippen LogP contribution in [0.15, 0.2) is 42.5 Å². The van der Waals surface area contributed by atoms with E-state index in [-0.39, 0.29) is 0 Å². The third-order valence-electron chi connectivity index (χ3n) is 5.81. The molecule has 38 heavy (non-hydrogen) atoms. The molecule has 2 atom stereocenters. The van der Waals surface area contributed by atoms with Gasteiger partial charge < -0.3 is 30.1 Å². The quantitative estimate of drug-likeness (QED) is 0.465. The van der Waals surface area contributed by atoms with Crippen LogP contribution in [0.5, 0.6) is 5.75 Å². The van der Waals surface area contributed by atoms with Crippen LogP contribution < -0.4 is 15.4 Å². The molecule has 2 rings (SSSR count). The van der Waals surface area contributed by atoms with Crippen LogP contribution in [0.1, 0.15) is 64.3 Å². The van der Waals surface area contributed by atoms with Gasteiger partial charge in [-0.05, 0) is 96.3 Å². The van der Waals surface area contributed by atoms with Gasteiger partial charge in [0.05, 0.1) is 13.7 Å². The highest BCUT2D eigenvalue weighted by molar-refractivity contribution is 5.99. The first-order valence-electron chi connectivity index (χ1n) is 12.5. The number of aryl methyl sites for hydroxylation is 2. The van der Waals surface area contributed by atoms with Crippen molar-refractivity contribution in [2.75, 3.05) is 19.0 Å². The molecule has 0 aromatic heterocycles. The normalized spacial score (nSPS) is 13.2. The molecule has 3 N–H and O–H groups in total. The van der Waals surface area contributed by atoms with Crippen LogP contribution in [0.3, 0.4) is 0 Å². The van der Waals surface area contributed by atoms with E-state index in [0.29, 0.717) is 17.0 Å². The maximum atomic E-state index is 14.0. The Balaban J connectivity index is 2.59. The second-order valence-corrected chi connectivity index (χ2v) is 11.2. The number of hydrogen-bond acceptors (Lipinski definition) is 6. The van der Waals surface area contributed by atoms with E-state index in [9.17, 15) is 19.5 Å². The fourth-order valence-corrected chi connectivity index (χ4v) is 4.17. The lowest BCUT2D eigenvalue weighted by Crippen LogP contribution is -2.59. The van der Waals surface area contributed by atoms with Crippen LogP contribution in [0.25, 0.3) is 0 Å². The van der Waals surface area contributed by atoms with Crippen LogP contribution in [0.4, 0.5) is 10.5 Å². The van der Waals surface area contributed by atoms with Gasteiger partial charge in [0.15, 0.2) is 0 Å². The maximum Gasteiger partial charge on any atom is 0.408 e. The van der Waals surface area contributed by atoms with Crippen molar-refractivity contribution in [2.24, 2.45) is 0 Å². The van der Waals surface area contributed by atoms with Gasteiger partial charge in [0.25, 0.3) is 5.91 Å². The number of nitrogens with zero attached hydrogens (tertiary/aromatic N) is 1. The van der Waals surface area contributed by atoms with Gasteiger partial charge in [0.2, 0.25) is 5.91 Å². The molecule has 0 aliphatic rings. The summed E-state index contributed by atoms with van der Waals surface area (Å²) in [6.07, 6.45) is -0.843. The van der Waals surface area contributed by atoms with E-state index < -0.39 is 47.7 Å². The molecule has 0 spiro atoms. The predicted octanol–water partition coefficient (Wildman–Crippen LogP) is 4.50. The number of aliphatic hydroxyl groups excluding tert-OH is 1. The summed E-state index contributed by atoms with van der Waals surface area (Å²) in [6.45, 7) is 13.6. The summed E-state index contributed by atoms with van der Waals surface area (Å²) in [5.41, 5.74) is 1.16. The fraction of sp³-hybridized carbons (Fsp3) is 0.483. The highest BCUT2D eigenvalue weighted by Gasteiger charge is 2.42. The summed E-state index contributed by atoms with van der Waals surface area (Å²) in [5, 5.41) is 15.5. The number of aliphatic hydroxyl groups is 1. The molecule has 2 unspecified atom stereocenters. The highest BCUT2D eigenvalue weighted by Crippen LogP contribution is 2.34. The first kappa shape index (κ1) is 30.6. The van der Waals surface area contributed by atoms with Crippen molar-refractivity contribution in [2.45, 2.75) is 78.6 Å². The molecule has 0 fully saturated rings. The van der Waals surface area contributed by atoms with Crippen LogP contribution in [-0.4, -0.2) is 58.8 Å². The van der Waals surface area contributed by atoms with Crippen molar-refractivity contribution in [1.82, 2.24) is 10.2 Å². The minimum atomic E-state index is -1.33. The fourth-order valence-electron chi connectivity index (χ4n) is 4.17. The Kier molecular flexibility index (Phi) is 9.92. The van der Waals surface area contributed by atoms with E-state index in [4.69, 9.17) is 9.47 Å². The van der Waals surface area contributed by atoms with Crippen LogP contribution in [0, 0.1) is 13.8 Å². The van der Waals surface area contributed by atoms with Crippen LogP contribution in [-0.2, 0) is 14.3 Å². The van der Waals surface area contributed by atoms with Gasteiger partial charge in [-0.3, -0.25) is 9.59 Å². The largest absolute Gasteiger partial charge is 0.497 e. The summed E-state index contributed by atoms with van der Waals surface area (Å²) >= 11 is 0. The summed E-state index contributed by atoms with van der Waals surface area (Å²) in [6, 6.07) is 10.1. The molecule has 2 aromatic rings. The van der Waals surface area contributed by atoms with E-state index in [1.807, 2.05) is 32.0 Å². The Labute approximate surface area is 225 Å². The summed E-state index contributed by atoms with van der Waals surface area (Å²) < 4.78 is 10.5. The predicted molar refractivity (Wildman–Crippen MR) is 147 cm³/mol. The number of hydrogen-bond donors (Lipinski definition) is 3. The monoisotopic (exact) mass is 527 g/mol. The number of amides is 3. The zero-order valence-corrected chi connectivity index (χ0v) is 23.8. The number of carbonyl (C=O) groups is 3. The van der Waals surface area contributed by atoms with Gasteiger partial charge in [-0.15, -0.1) is 0 Å². The zero-order chi connectivity index (χ0) is 28.8. The molecular formula is C29H41N3O6. The van der Waals surface area contributed by atoms with Gasteiger partial charge in [0.1, 0.15) is 23.4 Å². The summed E-state index contributed by atoms with van der Waals surface area (Å²) in [5.74, 6) is -0.423. The zero-order valence-electron chi connectivity index (χ0n) is 23.8. The lowest BCUT2D eigenvalue weighted by molar-refractivity contribution is -0.147. The SMILES string of the molecule is COc1ccc(NC(=O)C(c2c(C)cccc2C)N(C(=O)C(CO)NC(=O)OC(C)(C)C)C(C)(C)C)cc1. The number of nitrogens with one attached hydrogen (secondary N) is 2. The molecule has 0 saturated heterocycles. The van der Waals surface area contributed by atoms with Crippen LogP contribution in [0.2, 0.25) is 0 Å². The Morgan fingerprint density at radius 1 is 0.947 bits per heavy atom. The van der Waals surface area contributed by atoms with Crippen molar-refractivity contribution in [3.05, 3.63) is 59.2 Å². The molecule has 3 amide bonds. The van der Waals surface area contributed by atoms with Gasteiger partial charge in [-0.1, -0.05) is 18.2 Å². The second-order valence-electron chi connectivity index (χ2n) is 11.2. The van der Waals surface area contributed by atoms with Crippen molar-refractivity contribution in [3.8, 4) is 5.75 Å². The second kappa shape index (κ2) is 12.3. The van der Waals surface area contributed by atoms with E-state index in [2.05, 4.69) is 10.6 Å². The number of carbonyl (C=O) groups excluding carboxylic acids is 3. The molecule has 0 radical (unpaired) electrons. The van der Waals surface area contributed by atoms with E-state index in [1.54, 1.807) is 72.9 Å². The minimum absolute atomic E-state index is 0.440. The number of benzene rings is 2. The lowest BCUT2D eigenvalue weighted by Gasteiger charge is -2.43. The molecule has 2 aromatic carbocycles. The third kappa shape index (κ3) is 7.95. The van der Waals surface area contributed by atoms with E-state index in [0.717, 1.165) is 11.1 Å². The topological polar surface area (TPSA) is 117 Å². The Morgan fingerprint density at radius 2 is 1.50 bits per heavy atom. The molecule has 0 bridgehead atoms. The van der Waals surface area contributed by atoms with E-state index in [1.165, 1.54) is 4.90 Å². The van der Waals surface area contributed by atoms with Gasteiger partial charge in [0, 0.05) is 11.2 Å². The average molecular weight is 528 g/mol. The van der Waals surface area contributed by atoms with Crippen molar-refractivity contribution >= 4 is 23.6 Å². The maximum absolute atomic E-state index is 14.0. The molecule has 208 valence electrons. The summed E-state index contributed by atoms with van der Waals surface area (Å²) in [4.78, 5) is 41.9. The molecular weight excluding hydrogens is 486 g/mol. The Morgan fingerprint density at radius 3 is 1.95 bits per heavy atom. The first-order valence-corrected chi connectivity index (χ1v) is 12.5. The number of anilines is 1. The number of alkyl carbamates (subject to hydrolysis) is 1. The molecule has 9 nitrogen and oxygen atoms in total. The highest BCUT2D eigenvalue weighted by atomic mass is 16.6. The third-order valence-corrected chi connectivity index (χ3v) is 5.81. The molecule has 0 aliphatic carbocycles. The Bertz CT molecular complexity index is 1110. The van der Waals surface area contributed by atoms with Gasteiger partial charge in [-0.2, -0.15) is 0 Å². The number of ether oxygens (including phenoxy) is 2. The van der Waals surface area contributed by atoms with E-state index >= 15 is 0 Å². The number of rotatable bonds is 8. The van der Waals surface area contributed by atoms with Crippen molar-refractivity contribution in [1.29, 1.82) is 0 Å². The van der Waals surface area contributed by atoms with Gasteiger partial charge >= 0.3 is 6.09 Å².